The van der Waals surface area contributed by atoms with Crippen LogP contribution in [0.5, 0.6) is 0 Å². The lowest BCUT2D eigenvalue weighted by Gasteiger charge is -2.20. The fourth-order valence-electron chi connectivity index (χ4n) is 7.33. The van der Waals surface area contributed by atoms with Crippen LogP contribution in [0.2, 0.25) is 0 Å². The number of hydrogen-bond acceptors (Lipinski definition) is 5. The molecule has 12 heteroatoms. The summed E-state index contributed by atoms with van der Waals surface area (Å²) in [6.45, 7) is 10.1. The van der Waals surface area contributed by atoms with Gasteiger partial charge < -0.3 is 31.1 Å². The normalized spacial score (nSPS) is 32.2. The summed E-state index contributed by atoms with van der Waals surface area (Å²) in [6, 6.07) is -0.185. The Labute approximate surface area is 271 Å². The van der Waals surface area contributed by atoms with Gasteiger partial charge in [0, 0.05) is 36.0 Å². The lowest BCUT2D eigenvalue weighted by atomic mass is 9.91. The molecule has 0 saturated carbocycles. The molecule has 0 aliphatic carbocycles. The van der Waals surface area contributed by atoms with E-state index in [1.807, 2.05) is 39.8 Å². The van der Waals surface area contributed by atoms with Gasteiger partial charge in [-0.25, -0.2) is 0 Å². The Kier molecular flexibility index (Phi) is 8.26. The molecule has 45 heavy (non-hydrogen) atoms. The summed E-state index contributed by atoms with van der Waals surface area (Å²) in [4.78, 5) is 52.1. The fourth-order valence-corrected chi connectivity index (χ4v) is 9.65. The number of rotatable bonds is 11. The highest BCUT2D eigenvalue weighted by Crippen LogP contribution is 2.52. The molecule has 6 rings (SSSR count). The number of H-pyrrole nitrogens is 1. The van der Waals surface area contributed by atoms with Gasteiger partial charge in [0.15, 0.2) is 16.3 Å². The Hall–Kier alpha value is -3.38. The van der Waals surface area contributed by atoms with Gasteiger partial charge in [-0.1, -0.05) is 0 Å². The van der Waals surface area contributed by atoms with E-state index in [2.05, 4.69) is 27.9 Å². The second kappa shape index (κ2) is 11.8. The van der Waals surface area contributed by atoms with Crippen LogP contribution in [0, 0.1) is 12.8 Å². The summed E-state index contributed by atoms with van der Waals surface area (Å²) >= 11 is 2.52. The average molecular weight is 655 g/mol. The van der Waals surface area contributed by atoms with Crippen LogP contribution in [0.1, 0.15) is 75.9 Å². The topological polar surface area (TPSA) is 161 Å². The maximum Gasteiger partial charge on any atom is 0.303 e. The zero-order valence-electron chi connectivity index (χ0n) is 26.2. The first kappa shape index (κ1) is 31.6. The third-order valence-electron chi connectivity index (χ3n) is 10.2. The van der Waals surface area contributed by atoms with Crippen molar-refractivity contribution in [1.82, 2.24) is 20.9 Å². The highest BCUT2D eigenvalue weighted by Gasteiger charge is 2.75. The van der Waals surface area contributed by atoms with Gasteiger partial charge in [-0.3, -0.25) is 19.2 Å². The van der Waals surface area contributed by atoms with E-state index in [4.69, 9.17) is 0 Å². The van der Waals surface area contributed by atoms with Gasteiger partial charge in [-0.05, 0) is 117 Å². The Balaban J connectivity index is 1.34. The maximum atomic E-state index is 12.7. The number of aromatic nitrogens is 1. The van der Waals surface area contributed by atoms with Gasteiger partial charge in [0.05, 0.1) is 23.2 Å². The number of amides is 2. The Morgan fingerprint density at radius 1 is 0.956 bits per heavy atom. The predicted octanol–water partition coefficient (Wildman–Crippen LogP) is 2.30. The van der Waals surface area contributed by atoms with Crippen LogP contribution in [0.15, 0.2) is 33.7 Å². The highest BCUT2D eigenvalue weighted by atomic mass is 32.2. The van der Waals surface area contributed by atoms with Gasteiger partial charge >= 0.3 is 11.9 Å². The summed E-state index contributed by atoms with van der Waals surface area (Å²) in [6.07, 6.45) is 5.23. The lowest BCUT2D eigenvalue weighted by molar-refractivity contribution is -0.138. The zero-order chi connectivity index (χ0) is 32.4. The van der Waals surface area contributed by atoms with E-state index < -0.39 is 11.9 Å². The number of hydrogen-bond donors (Lipinski definition) is 6. The second-order valence-corrected chi connectivity index (χ2v) is 16.0. The van der Waals surface area contributed by atoms with Crippen LogP contribution in [-0.2, 0) is 49.1 Å². The van der Waals surface area contributed by atoms with E-state index in [0.29, 0.717) is 29.8 Å². The summed E-state index contributed by atoms with van der Waals surface area (Å²) in [5.41, 5.74) is 9.07. The molecule has 6 heterocycles. The fraction of sp³-hybridized carbons (Fsp3) is 0.515. The van der Waals surface area contributed by atoms with Crippen molar-refractivity contribution in [3.8, 4) is 0 Å². The molecular weight excluding hydrogens is 613 g/mol. The van der Waals surface area contributed by atoms with Gasteiger partial charge in [-0.2, -0.15) is 0 Å². The number of allylic oxidation sites excluding steroid dienone is 1. The van der Waals surface area contributed by atoms with Gasteiger partial charge in [0.1, 0.15) is 0 Å². The SMILES string of the molecule is CC1=C(CCC(=O)O)/C(=C/c2[nH]c(/C=C3\NC(=O)[C@H](C)[C@]34[SH+][C@H]4C)c(C)c2CCC(=O)O)NC1C[C@H]1NC(=O)C([C@H]2C[SH+]2)=C1C. The standard InChI is InChI=1S/C33H40N4O6S2/c1-14-19(6-8-28(38)39)24(34-21(14)10-22-16(3)30(26-13-44-26)32(43)36-22)11-25-20(7-9-29(40)41)15(2)23(35-25)12-27-33(18(5)45-33)17(4)31(42)37-27/h11-12,17-18,21-22,26,34-35H,6-10,13H2,1-5H3,(H,36,43)(H,37,42)(H,38,39)(H,40,41)/p+2/b24-11-,27-12-/t17-,18-,21?,22+,26+,33+/m0/s1. The number of carboxylic acid groups (broad SMARTS) is 2. The van der Waals surface area contributed by atoms with Crippen LogP contribution in [0.25, 0.3) is 12.2 Å². The molecule has 6 N–H and O–H groups in total. The number of aromatic amines is 1. The summed E-state index contributed by atoms with van der Waals surface area (Å²) in [7, 11) is 0. The third-order valence-corrected chi connectivity index (χ3v) is 13.2. The number of thiol groups is 2. The largest absolute Gasteiger partial charge is 0.481 e. The van der Waals surface area contributed by atoms with Crippen molar-refractivity contribution in [2.24, 2.45) is 5.92 Å². The van der Waals surface area contributed by atoms with Crippen LogP contribution in [0.3, 0.4) is 0 Å². The van der Waals surface area contributed by atoms with Gasteiger partial charge in [0.2, 0.25) is 10.7 Å². The van der Waals surface area contributed by atoms with Crippen molar-refractivity contribution in [3.63, 3.8) is 0 Å². The van der Waals surface area contributed by atoms with Crippen LogP contribution < -0.4 is 16.0 Å². The average Bonchev–Trinajstić information content (AvgIpc) is 3.83. The molecule has 3 fully saturated rings. The molecule has 1 aromatic heterocycles. The molecule has 3 saturated heterocycles. The quantitative estimate of drug-likeness (QED) is 0.121. The number of carbonyl (C=O) groups is 4. The van der Waals surface area contributed by atoms with Gasteiger partial charge in [-0.15, -0.1) is 0 Å². The molecule has 0 aromatic carbocycles. The Morgan fingerprint density at radius 2 is 1.60 bits per heavy atom. The minimum Gasteiger partial charge on any atom is -0.481 e. The molecule has 240 valence electrons. The van der Waals surface area contributed by atoms with E-state index >= 15 is 0 Å². The second-order valence-electron chi connectivity index (χ2n) is 12.9. The van der Waals surface area contributed by atoms with Crippen molar-refractivity contribution >= 4 is 59.4 Å². The molecule has 5 aliphatic heterocycles. The van der Waals surface area contributed by atoms with E-state index in [-0.39, 0.29) is 47.4 Å². The molecule has 5 aliphatic rings. The summed E-state index contributed by atoms with van der Waals surface area (Å²) < 4.78 is -0.209. The smallest absolute Gasteiger partial charge is 0.303 e. The summed E-state index contributed by atoms with van der Waals surface area (Å²) in [5.74, 6) is -0.808. The first-order valence-electron chi connectivity index (χ1n) is 15.6. The van der Waals surface area contributed by atoms with E-state index in [0.717, 1.165) is 62.0 Å². The Morgan fingerprint density at radius 3 is 2.22 bits per heavy atom. The van der Waals surface area contributed by atoms with Gasteiger partial charge in [0.25, 0.3) is 5.91 Å². The van der Waals surface area contributed by atoms with Crippen molar-refractivity contribution in [2.75, 3.05) is 5.75 Å². The minimum absolute atomic E-state index is 0.0211. The Bertz CT molecular complexity index is 1630. The monoisotopic (exact) mass is 654 g/mol. The van der Waals surface area contributed by atoms with Crippen molar-refractivity contribution in [2.45, 2.75) is 94.1 Å². The molecule has 1 spiro atoms. The van der Waals surface area contributed by atoms with Crippen molar-refractivity contribution in [3.05, 3.63) is 56.2 Å². The van der Waals surface area contributed by atoms with E-state index in [9.17, 15) is 29.4 Å². The molecule has 0 bridgehead atoms. The van der Waals surface area contributed by atoms with Crippen LogP contribution >= 0.6 is 0 Å². The maximum absolute atomic E-state index is 12.7. The number of carboxylic acids is 2. The minimum atomic E-state index is -0.889. The molecule has 1 aromatic rings. The first-order valence-corrected chi connectivity index (χ1v) is 17.7. The lowest BCUT2D eigenvalue weighted by Crippen LogP contribution is -2.36. The zero-order valence-corrected chi connectivity index (χ0v) is 28.0. The first-order chi connectivity index (χ1) is 21.3. The molecule has 6 atom stereocenters. The van der Waals surface area contributed by atoms with E-state index in [1.165, 1.54) is 23.5 Å². The van der Waals surface area contributed by atoms with E-state index in [1.54, 1.807) is 0 Å². The molecular formula is C33H42N4O6S2+2. The molecule has 2 amide bonds. The number of nitrogens with one attached hydrogen (secondary N) is 4. The van der Waals surface area contributed by atoms with Crippen LogP contribution in [0.4, 0.5) is 0 Å². The molecule has 0 radical (unpaired) electrons. The third kappa shape index (κ3) is 5.75. The predicted molar refractivity (Wildman–Crippen MR) is 179 cm³/mol. The van der Waals surface area contributed by atoms with Crippen molar-refractivity contribution < 1.29 is 29.4 Å². The highest BCUT2D eigenvalue weighted by molar-refractivity contribution is 7.89. The molecule has 1 unspecified atom stereocenters. The van der Waals surface area contributed by atoms with Crippen molar-refractivity contribution in [1.29, 1.82) is 0 Å². The van der Waals surface area contributed by atoms with Crippen LogP contribution in [-0.4, -0.2) is 72.0 Å². The number of aliphatic carboxylic acids is 2. The number of carbonyl (C=O) groups excluding carboxylic acids is 2. The summed E-state index contributed by atoms with van der Waals surface area (Å²) in [5, 5.41) is 29.6. The molecule has 10 nitrogen and oxygen atoms in total.